The van der Waals surface area contributed by atoms with Gasteiger partial charge >= 0.3 is 0 Å². The van der Waals surface area contributed by atoms with E-state index in [0.717, 1.165) is 31.6 Å². The Kier molecular flexibility index (Phi) is 4.06. The van der Waals surface area contributed by atoms with Gasteiger partial charge in [-0.05, 0) is 43.4 Å². The van der Waals surface area contributed by atoms with E-state index in [1.54, 1.807) is 0 Å². The van der Waals surface area contributed by atoms with Crippen molar-refractivity contribution in [1.82, 2.24) is 5.32 Å². The number of benzene rings is 1. The van der Waals surface area contributed by atoms with Crippen molar-refractivity contribution in [2.24, 2.45) is 5.92 Å². The Morgan fingerprint density at radius 2 is 2.20 bits per heavy atom. The number of rotatable bonds is 2. The molecule has 1 N–H and O–H groups in total. The van der Waals surface area contributed by atoms with Crippen LogP contribution in [0, 0.1) is 5.92 Å². The first-order valence-electron chi connectivity index (χ1n) is 7.85. The molecule has 0 radical (unpaired) electrons. The second-order valence-corrected chi connectivity index (χ2v) is 6.29. The fourth-order valence-electron chi connectivity index (χ4n) is 3.45. The number of piperidine rings is 1. The van der Waals surface area contributed by atoms with Gasteiger partial charge in [0.25, 0.3) is 0 Å². The predicted molar refractivity (Wildman–Crippen MR) is 81.9 cm³/mol. The molecule has 3 nitrogen and oxygen atoms in total. The zero-order chi connectivity index (χ0) is 13.9. The summed E-state index contributed by atoms with van der Waals surface area (Å²) >= 11 is 0. The van der Waals surface area contributed by atoms with Crippen LogP contribution in [0.3, 0.4) is 0 Å². The minimum absolute atomic E-state index is 0.281. The molecule has 3 rings (SSSR count). The van der Waals surface area contributed by atoms with E-state index in [4.69, 9.17) is 0 Å². The van der Waals surface area contributed by atoms with Gasteiger partial charge in [0.05, 0.1) is 0 Å². The first-order valence-corrected chi connectivity index (χ1v) is 7.85. The highest BCUT2D eigenvalue weighted by Gasteiger charge is 2.27. The molecule has 108 valence electrons. The predicted octanol–water partition coefficient (Wildman–Crippen LogP) is 2.74. The zero-order valence-corrected chi connectivity index (χ0v) is 12.3. The fourth-order valence-corrected chi connectivity index (χ4v) is 3.45. The Morgan fingerprint density at radius 1 is 1.35 bits per heavy atom. The van der Waals surface area contributed by atoms with Gasteiger partial charge in [-0.1, -0.05) is 31.5 Å². The zero-order valence-electron chi connectivity index (χ0n) is 12.3. The van der Waals surface area contributed by atoms with Gasteiger partial charge in [0.1, 0.15) is 0 Å². The Hall–Kier alpha value is -1.35. The van der Waals surface area contributed by atoms with Gasteiger partial charge in [-0.15, -0.1) is 0 Å². The van der Waals surface area contributed by atoms with Crippen molar-refractivity contribution in [2.75, 3.05) is 18.0 Å². The summed E-state index contributed by atoms with van der Waals surface area (Å²) in [5.41, 5.74) is 2.45. The molecule has 1 amide bonds. The molecule has 0 spiro atoms. The van der Waals surface area contributed by atoms with E-state index in [2.05, 4.69) is 30.4 Å². The molecule has 3 heteroatoms. The molecule has 1 saturated heterocycles. The Labute approximate surface area is 121 Å². The van der Waals surface area contributed by atoms with E-state index < -0.39 is 0 Å². The summed E-state index contributed by atoms with van der Waals surface area (Å²) in [4.78, 5) is 14.7. The molecule has 2 heterocycles. The minimum atomic E-state index is 0.281. The smallest absolute Gasteiger partial charge is 0.228 e. The van der Waals surface area contributed by atoms with Gasteiger partial charge in [0.15, 0.2) is 0 Å². The molecule has 2 aliphatic rings. The maximum atomic E-state index is 12.7. The molecular weight excluding hydrogens is 248 g/mol. The average Bonchev–Trinajstić information content (AvgIpc) is 2.47. The molecule has 1 aromatic rings. The van der Waals surface area contributed by atoms with Crippen molar-refractivity contribution in [3.8, 4) is 0 Å². The monoisotopic (exact) mass is 272 g/mol. The van der Waals surface area contributed by atoms with Crippen LogP contribution in [0.5, 0.6) is 0 Å². The number of amides is 1. The first-order chi connectivity index (χ1) is 9.74. The van der Waals surface area contributed by atoms with Crippen LogP contribution in [-0.4, -0.2) is 25.0 Å². The molecule has 20 heavy (non-hydrogen) atoms. The van der Waals surface area contributed by atoms with E-state index in [1.807, 2.05) is 11.0 Å². The third-order valence-corrected chi connectivity index (χ3v) is 4.48. The van der Waals surface area contributed by atoms with Crippen molar-refractivity contribution in [2.45, 2.75) is 45.1 Å². The van der Waals surface area contributed by atoms with Crippen molar-refractivity contribution in [3.05, 3.63) is 29.8 Å². The summed E-state index contributed by atoms with van der Waals surface area (Å²) < 4.78 is 0. The van der Waals surface area contributed by atoms with Gasteiger partial charge < -0.3 is 10.2 Å². The van der Waals surface area contributed by atoms with Gasteiger partial charge in [-0.25, -0.2) is 0 Å². The molecule has 2 atom stereocenters. The van der Waals surface area contributed by atoms with Crippen LogP contribution < -0.4 is 10.2 Å². The van der Waals surface area contributed by atoms with Crippen molar-refractivity contribution in [1.29, 1.82) is 0 Å². The SMILES string of the molecule is CC1Cc2ccccc2N(C(=O)CC2CCCCN2)C1. The highest BCUT2D eigenvalue weighted by Crippen LogP contribution is 2.30. The number of fused-ring (bicyclic) bond motifs is 1. The largest absolute Gasteiger partial charge is 0.313 e. The van der Waals surface area contributed by atoms with Crippen LogP contribution in [0.25, 0.3) is 0 Å². The molecule has 2 aliphatic heterocycles. The average molecular weight is 272 g/mol. The third kappa shape index (κ3) is 2.88. The summed E-state index contributed by atoms with van der Waals surface area (Å²) in [5.74, 6) is 0.830. The van der Waals surface area contributed by atoms with E-state index in [1.165, 1.54) is 18.4 Å². The number of carbonyl (C=O) groups is 1. The second-order valence-electron chi connectivity index (χ2n) is 6.29. The number of hydrogen-bond acceptors (Lipinski definition) is 2. The summed E-state index contributed by atoms with van der Waals surface area (Å²) in [6.45, 7) is 4.16. The maximum absolute atomic E-state index is 12.7. The third-order valence-electron chi connectivity index (χ3n) is 4.48. The minimum Gasteiger partial charge on any atom is -0.313 e. The van der Waals surface area contributed by atoms with Crippen LogP contribution in [-0.2, 0) is 11.2 Å². The molecule has 0 saturated carbocycles. The van der Waals surface area contributed by atoms with Gasteiger partial charge in [-0.3, -0.25) is 4.79 Å². The maximum Gasteiger partial charge on any atom is 0.228 e. The van der Waals surface area contributed by atoms with Crippen LogP contribution in [0.2, 0.25) is 0 Å². The Balaban J connectivity index is 1.74. The summed E-state index contributed by atoms with van der Waals surface area (Å²) in [5, 5.41) is 3.48. The lowest BCUT2D eigenvalue weighted by Gasteiger charge is -2.34. The Morgan fingerprint density at radius 3 is 3.00 bits per heavy atom. The number of nitrogens with one attached hydrogen (secondary N) is 1. The van der Waals surface area contributed by atoms with E-state index in [0.29, 0.717) is 18.4 Å². The standard InChI is InChI=1S/C17H24N2O/c1-13-10-14-6-2-3-8-16(14)19(12-13)17(20)11-15-7-4-5-9-18-15/h2-3,6,8,13,15,18H,4-5,7,9-12H2,1H3. The molecule has 1 aromatic carbocycles. The number of carbonyl (C=O) groups excluding carboxylic acids is 1. The van der Waals surface area contributed by atoms with Crippen LogP contribution in [0.15, 0.2) is 24.3 Å². The van der Waals surface area contributed by atoms with Crippen LogP contribution in [0.4, 0.5) is 5.69 Å². The molecule has 0 aliphatic carbocycles. The van der Waals surface area contributed by atoms with Gasteiger partial charge in [0.2, 0.25) is 5.91 Å². The molecule has 2 unspecified atom stereocenters. The molecular formula is C17H24N2O. The summed E-state index contributed by atoms with van der Waals surface area (Å²) in [7, 11) is 0. The van der Waals surface area contributed by atoms with E-state index in [9.17, 15) is 4.79 Å². The van der Waals surface area contributed by atoms with E-state index in [-0.39, 0.29) is 5.91 Å². The highest BCUT2D eigenvalue weighted by atomic mass is 16.2. The number of anilines is 1. The molecule has 0 aromatic heterocycles. The van der Waals surface area contributed by atoms with Gasteiger partial charge in [-0.2, -0.15) is 0 Å². The van der Waals surface area contributed by atoms with Crippen LogP contribution in [0.1, 0.15) is 38.2 Å². The lowest BCUT2D eigenvalue weighted by atomic mass is 9.93. The number of para-hydroxylation sites is 1. The lowest BCUT2D eigenvalue weighted by Crippen LogP contribution is -2.44. The van der Waals surface area contributed by atoms with Crippen molar-refractivity contribution < 1.29 is 4.79 Å². The van der Waals surface area contributed by atoms with Crippen LogP contribution >= 0.6 is 0 Å². The highest BCUT2D eigenvalue weighted by molar-refractivity contribution is 5.95. The Bertz CT molecular complexity index is 480. The fraction of sp³-hybridized carbons (Fsp3) is 0.588. The summed E-state index contributed by atoms with van der Waals surface area (Å²) in [6.07, 6.45) is 5.35. The van der Waals surface area contributed by atoms with Crippen molar-refractivity contribution in [3.63, 3.8) is 0 Å². The number of nitrogens with zero attached hydrogens (tertiary/aromatic N) is 1. The van der Waals surface area contributed by atoms with E-state index >= 15 is 0 Å². The summed E-state index contributed by atoms with van der Waals surface area (Å²) in [6, 6.07) is 8.73. The molecule has 0 bridgehead atoms. The quantitative estimate of drug-likeness (QED) is 0.898. The van der Waals surface area contributed by atoms with Gasteiger partial charge in [0, 0.05) is 24.7 Å². The molecule has 1 fully saturated rings. The number of hydrogen-bond donors (Lipinski definition) is 1. The second kappa shape index (κ2) is 5.96. The topological polar surface area (TPSA) is 32.3 Å². The normalized spacial score (nSPS) is 26.1. The lowest BCUT2D eigenvalue weighted by molar-refractivity contribution is -0.119. The van der Waals surface area contributed by atoms with Crippen molar-refractivity contribution >= 4 is 11.6 Å². The first kappa shape index (κ1) is 13.6.